The number of rotatable bonds is 4. The fourth-order valence-corrected chi connectivity index (χ4v) is 7.78. The monoisotopic (exact) mass is 328 g/mol. The standard InChI is InChI=1S/C15H24N2S3/c1-3-12-14(19-9-8-18-12)15-17-11-7-5-6-10(16-4-2)13(11)20-15/h10,12,14,16H,3-9H2,1-2H3. The molecule has 0 amide bonds. The molecular weight excluding hydrogens is 304 g/mol. The lowest BCUT2D eigenvalue weighted by Gasteiger charge is -2.28. The summed E-state index contributed by atoms with van der Waals surface area (Å²) in [6, 6.07) is 0.566. The Morgan fingerprint density at radius 1 is 1.25 bits per heavy atom. The van der Waals surface area contributed by atoms with Crippen molar-refractivity contribution in [1.82, 2.24) is 10.3 Å². The number of aromatic nitrogens is 1. The molecule has 0 spiro atoms. The molecule has 3 unspecified atom stereocenters. The SMILES string of the molecule is CCNC1CCCc2nc(C3SCCSC3CC)sc21. The van der Waals surface area contributed by atoms with Gasteiger partial charge in [-0.15, -0.1) is 23.1 Å². The van der Waals surface area contributed by atoms with E-state index in [0.29, 0.717) is 11.3 Å². The lowest BCUT2D eigenvalue weighted by molar-refractivity contribution is 0.476. The number of thiazole rings is 1. The van der Waals surface area contributed by atoms with E-state index in [-0.39, 0.29) is 0 Å². The Labute approximate surface area is 134 Å². The van der Waals surface area contributed by atoms with Gasteiger partial charge in [-0.1, -0.05) is 13.8 Å². The third kappa shape index (κ3) is 3.06. The topological polar surface area (TPSA) is 24.9 Å². The minimum absolute atomic E-state index is 0.566. The summed E-state index contributed by atoms with van der Waals surface area (Å²) in [5.41, 5.74) is 1.40. The maximum atomic E-state index is 5.05. The first-order chi connectivity index (χ1) is 9.83. The zero-order chi connectivity index (χ0) is 13.9. The molecule has 3 rings (SSSR count). The highest BCUT2D eigenvalue weighted by Crippen LogP contribution is 2.47. The average Bonchev–Trinajstić information content (AvgIpc) is 2.92. The Morgan fingerprint density at radius 3 is 2.90 bits per heavy atom. The first-order valence-electron chi connectivity index (χ1n) is 7.79. The lowest BCUT2D eigenvalue weighted by Crippen LogP contribution is -2.23. The second-order valence-corrected chi connectivity index (χ2v) is 9.13. The predicted octanol–water partition coefficient (Wildman–Crippen LogP) is 4.43. The molecule has 20 heavy (non-hydrogen) atoms. The van der Waals surface area contributed by atoms with Crippen molar-refractivity contribution in [3.8, 4) is 0 Å². The summed E-state index contributed by atoms with van der Waals surface area (Å²) in [7, 11) is 0. The molecule has 0 bridgehead atoms. The number of fused-ring (bicyclic) bond motifs is 1. The van der Waals surface area contributed by atoms with Crippen LogP contribution >= 0.6 is 34.9 Å². The van der Waals surface area contributed by atoms with Crippen LogP contribution in [0.15, 0.2) is 0 Å². The van der Waals surface area contributed by atoms with Gasteiger partial charge in [0.2, 0.25) is 0 Å². The van der Waals surface area contributed by atoms with Gasteiger partial charge in [0.15, 0.2) is 0 Å². The molecule has 0 saturated carbocycles. The van der Waals surface area contributed by atoms with Crippen LogP contribution in [0, 0.1) is 0 Å². The van der Waals surface area contributed by atoms with Crippen LogP contribution in [-0.2, 0) is 6.42 Å². The Hall–Kier alpha value is 0.290. The van der Waals surface area contributed by atoms with Gasteiger partial charge in [0, 0.05) is 27.7 Å². The van der Waals surface area contributed by atoms with Crippen LogP contribution in [0.3, 0.4) is 0 Å². The van der Waals surface area contributed by atoms with Crippen LogP contribution in [0.5, 0.6) is 0 Å². The van der Waals surface area contributed by atoms with E-state index >= 15 is 0 Å². The van der Waals surface area contributed by atoms with Crippen LogP contribution in [-0.4, -0.2) is 28.3 Å². The molecule has 1 aromatic heterocycles. The molecular formula is C15H24N2S3. The van der Waals surface area contributed by atoms with Gasteiger partial charge in [0.05, 0.1) is 10.9 Å². The van der Waals surface area contributed by atoms with E-state index in [2.05, 4.69) is 42.7 Å². The molecule has 1 saturated heterocycles. The molecule has 2 heterocycles. The summed E-state index contributed by atoms with van der Waals surface area (Å²) in [5.74, 6) is 2.59. The largest absolute Gasteiger partial charge is 0.309 e. The van der Waals surface area contributed by atoms with Crippen LogP contribution < -0.4 is 5.32 Å². The molecule has 2 aliphatic rings. The zero-order valence-corrected chi connectivity index (χ0v) is 14.8. The Morgan fingerprint density at radius 2 is 2.10 bits per heavy atom. The van der Waals surface area contributed by atoms with Gasteiger partial charge in [-0.3, -0.25) is 0 Å². The number of thioether (sulfide) groups is 2. The van der Waals surface area contributed by atoms with Gasteiger partial charge in [-0.25, -0.2) is 4.98 Å². The van der Waals surface area contributed by atoms with E-state index < -0.39 is 0 Å². The number of hydrogen-bond acceptors (Lipinski definition) is 5. The van der Waals surface area contributed by atoms with Crippen molar-refractivity contribution in [2.45, 2.75) is 56.1 Å². The Bertz CT molecular complexity index is 446. The Kier molecular flexibility index (Phi) is 5.34. The maximum Gasteiger partial charge on any atom is 0.107 e. The van der Waals surface area contributed by atoms with Gasteiger partial charge in [-0.2, -0.15) is 11.8 Å². The van der Waals surface area contributed by atoms with Crippen LogP contribution in [0.1, 0.15) is 60.0 Å². The van der Waals surface area contributed by atoms with Crippen LogP contribution in [0.4, 0.5) is 0 Å². The highest BCUT2D eigenvalue weighted by molar-refractivity contribution is 8.06. The summed E-state index contributed by atoms with van der Waals surface area (Å²) in [5, 5.41) is 6.45. The fraction of sp³-hybridized carbons (Fsp3) is 0.800. The third-order valence-corrected chi connectivity index (χ3v) is 8.81. The molecule has 0 aromatic carbocycles. The van der Waals surface area contributed by atoms with Crippen molar-refractivity contribution in [3.63, 3.8) is 0 Å². The van der Waals surface area contributed by atoms with Crippen molar-refractivity contribution in [2.24, 2.45) is 0 Å². The molecule has 1 aliphatic carbocycles. The Balaban J connectivity index is 1.84. The first kappa shape index (κ1) is 15.2. The molecule has 1 aromatic rings. The normalized spacial score (nSPS) is 30.2. The lowest BCUT2D eigenvalue weighted by atomic mass is 9.98. The summed E-state index contributed by atoms with van der Waals surface area (Å²) < 4.78 is 0. The molecule has 5 heteroatoms. The van der Waals surface area contributed by atoms with E-state index in [1.165, 1.54) is 47.9 Å². The molecule has 3 atom stereocenters. The summed E-state index contributed by atoms with van der Waals surface area (Å²) >= 11 is 6.29. The van der Waals surface area contributed by atoms with Crippen molar-refractivity contribution < 1.29 is 0 Å². The van der Waals surface area contributed by atoms with Crippen molar-refractivity contribution >= 4 is 34.9 Å². The number of nitrogens with zero attached hydrogens (tertiary/aromatic N) is 1. The van der Waals surface area contributed by atoms with E-state index in [1.807, 2.05) is 11.3 Å². The number of aryl methyl sites for hydroxylation is 1. The molecule has 1 N–H and O–H groups in total. The van der Waals surface area contributed by atoms with Gasteiger partial charge in [0.25, 0.3) is 0 Å². The highest BCUT2D eigenvalue weighted by Gasteiger charge is 2.32. The fourth-order valence-electron chi connectivity index (χ4n) is 3.13. The molecule has 2 nitrogen and oxygen atoms in total. The van der Waals surface area contributed by atoms with Gasteiger partial charge >= 0.3 is 0 Å². The van der Waals surface area contributed by atoms with Gasteiger partial charge in [0.1, 0.15) is 5.01 Å². The number of nitrogens with one attached hydrogen (secondary N) is 1. The molecule has 0 radical (unpaired) electrons. The van der Waals surface area contributed by atoms with E-state index in [1.54, 1.807) is 4.88 Å². The first-order valence-corrected chi connectivity index (χ1v) is 10.7. The van der Waals surface area contributed by atoms with Crippen LogP contribution in [0.2, 0.25) is 0 Å². The van der Waals surface area contributed by atoms with Gasteiger partial charge in [-0.05, 0) is 32.2 Å². The third-order valence-electron chi connectivity index (χ3n) is 4.11. The van der Waals surface area contributed by atoms with Crippen molar-refractivity contribution in [3.05, 3.63) is 15.6 Å². The quantitative estimate of drug-likeness (QED) is 0.884. The molecule has 112 valence electrons. The van der Waals surface area contributed by atoms with Gasteiger partial charge < -0.3 is 5.32 Å². The predicted molar refractivity (Wildman–Crippen MR) is 93.2 cm³/mol. The highest BCUT2D eigenvalue weighted by atomic mass is 32.2. The van der Waals surface area contributed by atoms with Crippen LogP contribution in [0.25, 0.3) is 0 Å². The van der Waals surface area contributed by atoms with E-state index in [9.17, 15) is 0 Å². The minimum Gasteiger partial charge on any atom is -0.309 e. The second kappa shape index (κ2) is 7.03. The van der Waals surface area contributed by atoms with E-state index in [0.717, 1.165) is 11.8 Å². The number of hydrogen-bond donors (Lipinski definition) is 1. The summed E-state index contributed by atoms with van der Waals surface area (Å²) in [6.45, 7) is 5.59. The summed E-state index contributed by atoms with van der Waals surface area (Å²) in [6.07, 6.45) is 5.03. The van der Waals surface area contributed by atoms with Crippen molar-refractivity contribution in [2.75, 3.05) is 18.1 Å². The molecule has 1 aliphatic heterocycles. The zero-order valence-electron chi connectivity index (χ0n) is 12.4. The smallest absolute Gasteiger partial charge is 0.107 e. The van der Waals surface area contributed by atoms with Crippen molar-refractivity contribution in [1.29, 1.82) is 0 Å². The van der Waals surface area contributed by atoms with E-state index in [4.69, 9.17) is 4.98 Å². The second-order valence-electron chi connectivity index (χ2n) is 5.47. The summed E-state index contributed by atoms with van der Waals surface area (Å²) in [4.78, 5) is 6.59. The molecule has 1 fully saturated rings. The average molecular weight is 329 g/mol. The minimum atomic E-state index is 0.566. The maximum absolute atomic E-state index is 5.05.